The van der Waals surface area contributed by atoms with Crippen LogP contribution in [-0.4, -0.2) is 71.0 Å². The Morgan fingerprint density at radius 3 is 2.84 bits per heavy atom. The minimum Gasteiger partial charge on any atom is -0.370 e. The average molecular weight is 424 g/mol. The van der Waals surface area contributed by atoms with Gasteiger partial charge in [-0.3, -0.25) is 9.59 Å². The van der Waals surface area contributed by atoms with Crippen molar-refractivity contribution in [1.82, 2.24) is 19.8 Å². The minimum atomic E-state index is 0.000198. The van der Waals surface area contributed by atoms with Crippen molar-refractivity contribution in [3.63, 3.8) is 0 Å². The predicted molar refractivity (Wildman–Crippen MR) is 117 cm³/mol. The maximum atomic E-state index is 12.6. The minimum absolute atomic E-state index is 0.000198. The monoisotopic (exact) mass is 423 g/mol. The number of aromatic nitrogens is 2. The van der Waals surface area contributed by atoms with Crippen LogP contribution in [0.4, 0.5) is 11.6 Å². The van der Waals surface area contributed by atoms with E-state index < -0.39 is 0 Å². The molecule has 2 aliphatic rings. The highest BCUT2D eigenvalue weighted by Crippen LogP contribution is 2.27. The summed E-state index contributed by atoms with van der Waals surface area (Å²) in [5.74, 6) is 1.88. The van der Waals surface area contributed by atoms with E-state index in [4.69, 9.17) is 9.72 Å². The Labute approximate surface area is 182 Å². The molecule has 8 heteroatoms. The number of piperidine rings is 1. The van der Waals surface area contributed by atoms with Gasteiger partial charge in [-0.15, -0.1) is 0 Å². The van der Waals surface area contributed by atoms with E-state index in [0.717, 1.165) is 49.7 Å². The first-order valence-electron chi connectivity index (χ1n) is 11.0. The second kappa shape index (κ2) is 10.3. The van der Waals surface area contributed by atoms with Crippen LogP contribution in [0.5, 0.6) is 0 Å². The van der Waals surface area contributed by atoms with Crippen LogP contribution in [0.2, 0.25) is 0 Å². The predicted octanol–water partition coefficient (Wildman–Crippen LogP) is 2.57. The second-order valence-corrected chi connectivity index (χ2v) is 8.00. The van der Waals surface area contributed by atoms with Crippen LogP contribution in [0.15, 0.2) is 42.6 Å². The third-order valence-corrected chi connectivity index (χ3v) is 5.79. The molecule has 1 N–H and O–H groups in total. The van der Waals surface area contributed by atoms with Gasteiger partial charge in [-0.05, 0) is 43.5 Å². The number of rotatable bonds is 8. The van der Waals surface area contributed by atoms with E-state index in [1.165, 1.54) is 0 Å². The molecule has 2 aliphatic heterocycles. The number of anilines is 2. The van der Waals surface area contributed by atoms with Gasteiger partial charge in [0.15, 0.2) is 0 Å². The smallest absolute Gasteiger partial charge is 0.248 e. The lowest BCUT2D eigenvalue weighted by Crippen LogP contribution is -2.41. The molecule has 0 saturated carbocycles. The van der Waals surface area contributed by atoms with Crippen LogP contribution in [0.1, 0.15) is 37.3 Å². The van der Waals surface area contributed by atoms with Crippen molar-refractivity contribution in [2.24, 2.45) is 0 Å². The fraction of sp³-hybridized carbons (Fsp3) is 0.478. The first-order chi connectivity index (χ1) is 15.2. The Morgan fingerprint density at radius 1 is 1.13 bits per heavy atom. The average Bonchev–Trinajstić information content (AvgIpc) is 3.22. The highest BCUT2D eigenvalue weighted by atomic mass is 16.5. The molecule has 0 aliphatic carbocycles. The summed E-state index contributed by atoms with van der Waals surface area (Å²) in [6, 6.07) is 11.6. The van der Waals surface area contributed by atoms with Crippen molar-refractivity contribution in [3.8, 4) is 0 Å². The van der Waals surface area contributed by atoms with E-state index in [1.54, 1.807) is 11.1 Å². The van der Waals surface area contributed by atoms with Gasteiger partial charge in [0.1, 0.15) is 18.2 Å². The van der Waals surface area contributed by atoms with E-state index >= 15 is 0 Å². The molecule has 1 unspecified atom stereocenters. The molecule has 31 heavy (non-hydrogen) atoms. The molecule has 2 fully saturated rings. The number of hydrogen-bond donors (Lipinski definition) is 1. The molecule has 2 amide bonds. The zero-order chi connectivity index (χ0) is 21.5. The molecule has 164 valence electrons. The van der Waals surface area contributed by atoms with Crippen LogP contribution >= 0.6 is 0 Å². The Bertz CT molecular complexity index is 892. The largest absolute Gasteiger partial charge is 0.370 e. The van der Waals surface area contributed by atoms with Crippen LogP contribution in [0, 0.1) is 0 Å². The topological polar surface area (TPSA) is 87.7 Å². The molecule has 2 aromatic rings. The standard InChI is InChI=1S/C23H29N5O3/c29-22-10-5-12-27(22)14-15-31-17-23(30)28-13-4-6-18(16-28)19-7-3-9-21(25-19)26-20-8-1-2-11-24-20/h1-3,7-9,11,18H,4-6,10,12-17H2,(H,24,25,26). The third-order valence-electron chi connectivity index (χ3n) is 5.79. The van der Waals surface area contributed by atoms with E-state index in [2.05, 4.69) is 10.3 Å². The van der Waals surface area contributed by atoms with Gasteiger partial charge in [0.2, 0.25) is 11.8 Å². The first kappa shape index (κ1) is 21.2. The molecule has 4 heterocycles. The summed E-state index contributed by atoms with van der Waals surface area (Å²) in [5.41, 5.74) is 0.979. The van der Waals surface area contributed by atoms with E-state index in [1.807, 2.05) is 41.3 Å². The van der Waals surface area contributed by atoms with E-state index in [9.17, 15) is 9.59 Å². The van der Waals surface area contributed by atoms with E-state index in [0.29, 0.717) is 26.1 Å². The van der Waals surface area contributed by atoms with Gasteiger partial charge < -0.3 is 19.9 Å². The summed E-state index contributed by atoms with van der Waals surface area (Å²) in [6.45, 7) is 3.21. The molecule has 4 rings (SSSR count). The van der Waals surface area contributed by atoms with Gasteiger partial charge in [-0.1, -0.05) is 12.1 Å². The molecule has 0 bridgehead atoms. The number of hydrogen-bond acceptors (Lipinski definition) is 6. The maximum Gasteiger partial charge on any atom is 0.248 e. The lowest BCUT2D eigenvalue weighted by Gasteiger charge is -2.32. The SMILES string of the molecule is O=C1CCCN1CCOCC(=O)N1CCCC(c2cccc(Nc3ccccn3)n2)C1. The Morgan fingerprint density at radius 2 is 2.03 bits per heavy atom. The van der Waals surface area contributed by atoms with Crippen molar-refractivity contribution in [3.05, 3.63) is 48.3 Å². The number of carbonyl (C=O) groups is 2. The summed E-state index contributed by atoms with van der Waals surface area (Å²) in [4.78, 5) is 37.0. The van der Waals surface area contributed by atoms with Gasteiger partial charge in [0, 0.05) is 50.4 Å². The number of nitrogens with one attached hydrogen (secondary N) is 1. The molecular weight excluding hydrogens is 394 g/mol. The molecule has 0 spiro atoms. The maximum absolute atomic E-state index is 12.6. The zero-order valence-electron chi connectivity index (χ0n) is 17.7. The lowest BCUT2D eigenvalue weighted by atomic mass is 9.94. The highest BCUT2D eigenvalue weighted by molar-refractivity contribution is 5.78. The molecule has 0 radical (unpaired) electrons. The Kier molecular flexibility index (Phi) is 7.09. The second-order valence-electron chi connectivity index (χ2n) is 8.00. The van der Waals surface area contributed by atoms with Crippen molar-refractivity contribution in [1.29, 1.82) is 0 Å². The van der Waals surface area contributed by atoms with Crippen LogP contribution in [-0.2, 0) is 14.3 Å². The van der Waals surface area contributed by atoms with Crippen molar-refractivity contribution >= 4 is 23.5 Å². The van der Waals surface area contributed by atoms with Gasteiger partial charge in [-0.2, -0.15) is 0 Å². The van der Waals surface area contributed by atoms with Crippen LogP contribution in [0.3, 0.4) is 0 Å². The molecule has 1 atom stereocenters. The summed E-state index contributed by atoms with van der Waals surface area (Å²) in [6.07, 6.45) is 5.22. The number of carbonyl (C=O) groups excluding carboxylic acids is 2. The summed E-state index contributed by atoms with van der Waals surface area (Å²) < 4.78 is 5.57. The number of nitrogens with zero attached hydrogens (tertiary/aromatic N) is 4. The summed E-state index contributed by atoms with van der Waals surface area (Å²) in [7, 11) is 0. The number of amides is 2. The highest BCUT2D eigenvalue weighted by Gasteiger charge is 2.26. The fourth-order valence-corrected chi connectivity index (χ4v) is 4.13. The third kappa shape index (κ3) is 5.79. The molecular formula is C23H29N5O3. The molecule has 2 saturated heterocycles. The summed E-state index contributed by atoms with van der Waals surface area (Å²) >= 11 is 0. The molecule has 2 aromatic heterocycles. The van der Waals surface area contributed by atoms with Crippen LogP contribution in [0.25, 0.3) is 0 Å². The van der Waals surface area contributed by atoms with Crippen LogP contribution < -0.4 is 5.32 Å². The first-order valence-corrected chi connectivity index (χ1v) is 11.0. The fourth-order valence-electron chi connectivity index (χ4n) is 4.13. The Balaban J connectivity index is 1.27. The van der Waals surface area contributed by atoms with Crippen molar-refractivity contribution in [2.75, 3.05) is 44.7 Å². The van der Waals surface area contributed by atoms with Gasteiger partial charge in [-0.25, -0.2) is 9.97 Å². The van der Waals surface area contributed by atoms with Crippen molar-refractivity contribution < 1.29 is 14.3 Å². The number of pyridine rings is 2. The van der Waals surface area contributed by atoms with Crippen molar-refractivity contribution in [2.45, 2.75) is 31.6 Å². The Hall–Kier alpha value is -3.00. The zero-order valence-corrected chi connectivity index (χ0v) is 17.7. The van der Waals surface area contributed by atoms with Gasteiger partial charge in [0.05, 0.1) is 6.61 Å². The summed E-state index contributed by atoms with van der Waals surface area (Å²) in [5, 5.41) is 3.23. The number of ether oxygens (including phenoxy) is 1. The number of likely N-dealkylation sites (tertiary alicyclic amines) is 2. The van der Waals surface area contributed by atoms with Gasteiger partial charge in [0.25, 0.3) is 0 Å². The normalized spacial score (nSPS) is 19.0. The van der Waals surface area contributed by atoms with E-state index in [-0.39, 0.29) is 24.3 Å². The molecule has 0 aromatic carbocycles. The molecule has 8 nitrogen and oxygen atoms in total. The quantitative estimate of drug-likeness (QED) is 0.657. The lowest BCUT2D eigenvalue weighted by molar-refractivity contribution is -0.137. The van der Waals surface area contributed by atoms with Gasteiger partial charge >= 0.3 is 0 Å².